The average Bonchev–Trinajstić information content (AvgIpc) is 3.54. The lowest BCUT2D eigenvalue weighted by molar-refractivity contribution is -0.118. The van der Waals surface area contributed by atoms with Gasteiger partial charge in [0.05, 0.1) is 23.0 Å². The minimum absolute atomic E-state index is 0.149. The molecule has 0 spiro atoms. The molecular weight excluding hydrogens is 487 g/mol. The highest BCUT2D eigenvalue weighted by molar-refractivity contribution is 5.96. The first kappa shape index (κ1) is 23.9. The molecule has 3 N–H and O–H groups in total. The number of anilines is 2. The second kappa shape index (κ2) is 9.45. The first-order valence-electron chi connectivity index (χ1n) is 12.5. The smallest absolute Gasteiger partial charge is 0.226 e. The van der Waals surface area contributed by atoms with Crippen LogP contribution in [0.5, 0.6) is 0 Å². The van der Waals surface area contributed by atoms with Crippen molar-refractivity contribution in [2.45, 2.75) is 13.8 Å². The Hall–Kier alpha value is -4.45. The zero-order valence-electron chi connectivity index (χ0n) is 21.3. The van der Waals surface area contributed by atoms with Crippen molar-refractivity contribution in [3.63, 3.8) is 0 Å². The number of fused-ring (bicyclic) bond motifs is 2. The van der Waals surface area contributed by atoms with Crippen LogP contribution in [-0.2, 0) is 4.79 Å². The van der Waals surface area contributed by atoms with E-state index in [0.717, 1.165) is 37.4 Å². The van der Waals surface area contributed by atoms with Crippen molar-refractivity contribution in [1.29, 1.82) is 0 Å². The van der Waals surface area contributed by atoms with E-state index in [1.165, 1.54) is 18.6 Å². The number of nitrogens with zero attached hydrogens (tertiary/aromatic N) is 7. The second-order valence-electron chi connectivity index (χ2n) is 9.79. The largest absolute Gasteiger partial charge is 0.367 e. The molecular formula is C26H27FN10O. The summed E-state index contributed by atoms with van der Waals surface area (Å²) in [5.41, 5.74) is 4.15. The van der Waals surface area contributed by atoms with E-state index < -0.39 is 5.82 Å². The number of amides is 1. The van der Waals surface area contributed by atoms with Gasteiger partial charge in [0.1, 0.15) is 17.0 Å². The normalized spacial score (nSPS) is 14.6. The Bertz CT molecular complexity index is 1650. The van der Waals surface area contributed by atoms with Crippen LogP contribution in [0.15, 0.2) is 36.9 Å². The minimum Gasteiger partial charge on any atom is -0.367 e. The van der Waals surface area contributed by atoms with Crippen LogP contribution in [0.2, 0.25) is 0 Å². The molecule has 0 unspecified atom stereocenters. The molecule has 0 atom stereocenters. The summed E-state index contributed by atoms with van der Waals surface area (Å²) in [7, 11) is 2.11. The maximum absolute atomic E-state index is 16.0. The third-order valence-corrected chi connectivity index (χ3v) is 6.81. The number of pyridine rings is 3. The SMILES string of the molecule is CC(C)C(=O)Nc1cncc(-c2cnc3n[nH]c(-c4nc5nccc(N6CCN(C)CC6)c5[nH]4)c3c2F)c1. The fraction of sp³-hybridized carbons (Fsp3) is 0.308. The zero-order valence-corrected chi connectivity index (χ0v) is 21.3. The predicted molar refractivity (Wildman–Crippen MR) is 143 cm³/mol. The lowest BCUT2D eigenvalue weighted by Crippen LogP contribution is -2.44. The van der Waals surface area contributed by atoms with Gasteiger partial charge in [-0.05, 0) is 19.2 Å². The number of hydrogen-bond donors (Lipinski definition) is 3. The van der Waals surface area contributed by atoms with Crippen LogP contribution in [0.3, 0.4) is 0 Å². The van der Waals surface area contributed by atoms with Crippen molar-refractivity contribution >= 4 is 39.5 Å². The van der Waals surface area contributed by atoms with Crippen molar-refractivity contribution < 1.29 is 9.18 Å². The van der Waals surface area contributed by atoms with Gasteiger partial charge in [-0.25, -0.2) is 19.3 Å². The standard InChI is InChI=1S/C26H27FN10O/c1-14(2)26(38)31-16-10-15(11-28-12-16)17-13-30-23-19(20(17)27)22(34-35-23)25-32-21-18(4-5-29-24(21)33-25)37-8-6-36(3)7-9-37/h4-5,10-14H,6-9H2,1-3H3,(H,31,38)(H,29,32,33)(H,30,34,35). The number of piperazine rings is 1. The van der Waals surface area contributed by atoms with E-state index >= 15 is 4.39 Å². The van der Waals surface area contributed by atoms with Crippen molar-refractivity contribution in [1.82, 2.24) is 40.0 Å². The molecule has 0 bridgehead atoms. The second-order valence-corrected chi connectivity index (χ2v) is 9.79. The highest BCUT2D eigenvalue weighted by atomic mass is 19.1. The van der Waals surface area contributed by atoms with E-state index in [-0.39, 0.29) is 28.4 Å². The summed E-state index contributed by atoms with van der Waals surface area (Å²) >= 11 is 0. The van der Waals surface area contributed by atoms with Gasteiger partial charge in [0.25, 0.3) is 0 Å². The molecule has 1 fully saturated rings. The molecule has 1 saturated heterocycles. The molecule has 5 aromatic heterocycles. The van der Waals surface area contributed by atoms with Crippen LogP contribution in [0, 0.1) is 11.7 Å². The van der Waals surface area contributed by atoms with E-state index in [4.69, 9.17) is 0 Å². The van der Waals surface area contributed by atoms with Crippen LogP contribution in [0.4, 0.5) is 15.8 Å². The summed E-state index contributed by atoms with van der Waals surface area (Å²) in [6.07, 6.45) is 6.21. The van der Waals surface area contributed by atoms with Crippen LogP contribution in [-0.4, -0.2) is 79.2 Å². The number of H-pyrrole nitrogens is 2. The van der Waals surface area contributed by atoms with E-state index in [1.807, 2.05) is 6.07 Å². The number of rotatable bonds is 5. The van der Waals surface area contributed by atoms with Gasteiger partial charge < -0.3 is 20.1 Å². The van der Waals surface area contributed by atoms with E-state index in [1.54, 1.807) is 26.1 Å². The number of carbonyl (C=O) groups excluding carboxylic acids is 1. The Labute approximate surface area is 217 Å². The number of likely N-dealkylation sites (N-methyl/N-ethyl adjacent to an activating group) is 1. The van der Waals surface area contributed by atoms with Crippen LogP contribution < -0.4 is 10.2 Å². The maximum atomic E-state index is 16.0. The van der Waals surface area contributed by atoms with Crippen molar-refractivity contribution in [3.05, 3.63) is 42.7 Å². The van der Waals surface area contributed by atoms with Crippen molar-refractivity contribution in [3.8, 4) is 22.6 Å². The lowest BCUT2D eigenvalue weighted by atomic mass is 10.1. The predicted octanol–water partition coefficient (Wildman–Crippen LogP) is 3.44. The Morgan fingerprint density at radius 3 is 2.71 bits per heavy atom. The van der Waals surface area contributed by atoms with Gasteiger partial charge >= 0.3 is 0 Å². The minimum atomic E-state index is -0.513. The van der Waals surface area contributed by atoms with Gasteiger partial charge in [0, 0.05) is 61.8 Å². The Morgan fingerprint density at radius 2 is 1.92 bits per heavy atom. The summed E-state index contributed by atoms with van der Waals surface area (Å²) < 4.78 is 16.0. The first-order chi connectivity index (χ1) is 18.4. The topological polar surface area (TPSA) is 132 Å². The molecule has 0 aliphatic carbocycles. The molecule has 6 heterocycles. The number of halogens is 1. The number of aromatic amines is 2. The third kappa shape index (κ3) is 4.22. The summed E-state index contributed by atoms with van der Waals surface area (Å²) in [6, 6.07) is 3.64. The molecule has 0 aromatic carbocycles. The average molecular weight is 515 g/mol. The Kier molecular flexibility index (Phi) is 5.95. The number of imidazole rings is 1. The molecule has 11 nitrogen and oxygen atoms in total. The molecule has 194 valence electrons. The summed E-state index contributed by atoms with van der Waals surface area (Å²) in [6.45, 7) is 7.31. The van der Waals surface area contributed by atoms with Crippen molar-refractivity contribution in [2.24, 2.45) is 5.92 Å². The zero-order chi connectivity index (χ0) is 26.4. The fourth-order valence-corrected chi connectivity index (χ4v) is 4.59. The van der Waals surface area contributed by atoms with Gasteiger partial charge in [-0.15, -0.1) is 0 Å². The summed E-state index contributed by atoms with van der Waals surface area (Å²) in [5.74, 6) is -0.437. The monoisotopic (exact) mass is 514 g/mol. The van der Waals surface area contributed by atoms with Gasteiger partial charge in [-0.3, -0.25) is 14.9 Å². The molecule has 5 aromatic rings. The highest BCUT2D eigenvalue weighted by Gasteiger charge is 2.23. The highest BCUT2D eigenvalue weighted by Crippen LogP contribution is 2.34. The van der Waals surface area contributed by atoms with Gasteiger partial charge in [0.2, 0.25) is 5.91 Å². The molecule has 1 amide bonds. The third-order valence-electron chi connectivity index (χ3n) is 6.81. The van der Waals surface area contributed by atoms with E-state index in [9.17, 15) is 4.79 Å². The quantitative estimate of drug-likeness (QED) is 0.325. The van der Waals surface area contributed by atoms with Gasteiger partial charge in [-0.2, -0.15) is 5.10 Å². The fourth-order valence-electron chi connectivity index (χ4n) is 4.59. The van der Waals surface area contributed by atoms with Crippen LogP contribution >= 0.6 is 0 Å². The molecule has 0 saturated carbocycles. The Morgan fingerprint density at radius 1 is 1.11 bits per heavy atom. The number of aromatic nitrogens is 7. The van der Waals surface area contributed by atoms with Gasteiger partial charge in [0.15, 0.2) is 17.1 Å². The Balaban J connectivity index is 1.40. The first-order valence-corrected chi connectivity index (χ1v) is 12.5. The molecule has 0 radical (unpaired) electrons. The molecule has 6 rings (SSSR count). The summed E-state index contributed by atoms with van der Waals surface area (Å²) in [5, 5.41) is 10.1. The van der Waals surface area contributed by atoms with E-state index in [0.29, 0.717) is 28.4 Å². The lowest BCUT2D eigenvalue weighted by Gasteiger charge is -2.34. The van der Waals surface area contributed by atoms with Crippen LogP contribution in [0.1, 0.15) is 13.8 Å². The number of hydrogen-bond acceptors (Lipinski definition) is 8. The van der Waals surface area contributed by atoms with Crippen LogP contribution in [0.25, 0.3) is 44.8 Å². The number of carbonyl (C=O) groups is 1. The molecule has 1 aliphatic rings. The summed E-state index contributed by atoms with van der Waals surface area (Å²) in [4.78, 5) is 37.7. The molecule has 38 heavy (non-hydrogen) atoms. The maximum Gasteiger partial charge on any atom is 0.226 e. The van der Waals surface area contributed by atoms with E-state index in [2.05, 4.69) is 57.3 Å². The van der Waals surface area contributed by atoms with Gasteiger partial charge in [-0.1, -0.05) is 13.8 Å². The molecule has 12 heteroatoms. The number of nitrogens with one attached hydrogen (secondary N) is 3. The molecule has 1 aliphatic heterocycles. The van der Waals surface area contributed by atoms with Crippen molar-refractivity contribution in [2.75, 3.05) is 43.4 Å².